The molecule has 1 heterocycles. The lowest BCUT2D eigenvalue weighted by Gasteiger charge is -2.10. The third kappa shape index (κ3) is 2.82. The highest BCUT2D eigenvalue weighted by Gasteiger charge is 2.13. The molecule has 106 valence electrons. The summed E-state index contributed by atoms with van der Waals surface area (Å²) in [4.78, 5) is 12.5. The van der Waals surface area contributed by atoms with E-state index in [0.717, 1.165) is 33.4 Å². The quantitative estimate of drug-likeness (QED) is 0.767. The van der Waals surface area contributed by atoms with Crippen LogP contribution in [-0.2, 0) is 6.54 Å². The van der Waals surface area contributed by atoms with Gasteiger partial charge >= 0.3 is 0 Å². The average molecular weight is 296 g/mol. The monoisotopic (exact) mass is 296 g/mol. The number of benzene rings is 2. The van der Waals surface area contributed by atoms with Gasteiger partial charge in [-0.15, -0.1) is 11.3 Å². The Morgan fingerprint density at radius 3 is 2.71 bits per heavy atom. The maximum atomic E-state index is 12.5. The van der Waals surface area contributed by atoms with Gasteiger partial charge in [-0.3, -0.25) is 4.79 Å². The molecular formula is C17H16N2OS. The number of hydrogen-bond acceptors (Lipinski definition) is 3. The SMILES string of the molecule is CNCc1ccccc1NC(=O)c1csc2ccccc12. The third-order valence-corrected chi connectivity index (χ3v) is 4.32. The predicted molar refractivity (Wildman–Crippen MR) is 89.0 cm³/mol. The standard InChI is InChI=1S/C17H16N2OS/c1-18-10-12-6-2-4-8-15(12)19-17(20)14-11-21-16-9-5-3-7-13(14)16/h2-9,11,18H,10H2,1H3,(H,19,20). The zero-order valence-electron chi connectivity index (χ0n) is 11.7. The molecule has 1 aromatic heterocycles. The van der Waals surface area contributed by atoms with Crippen molar-refractivity contribution in [2.75, 3.05) is 12.4 Å². The first-order chi connectivity index (χ1) is 10.3. The van der Waals surface area contributed by atoms with Crippen LogP contribution in [-0.4, -0.2) is 13.0 Å². The van der Waals surface area contributed by atoms with Gasteiger partial charge in [0.25, 0.3) is 5.91 Å². The summed E-state index contributed by atoms with van der Waals surface area (Å²) in [5.74, 6) is -0.0593. The second-order valence-corrected chi connectivity index (χ2v) is 5.70. The number of amides is 1. The molecule has 0 fully saturated rings. The minimum absolute atomic E-state index is 0.0593. The molecule has 2 N–H and O–H groups in total. The molecule has 0 saturated carbocycles. The Morgan fingerprint density at radius 2 is 1.86 bits per heavy atom. The van der Waals surface area contributed by atoms with E-state index in [9.17, 15) is 4.79 Å². The van der Waals surface area contributed by atoms with Crippen LogP contribution in [0.1, 0.15) is 15.9 Å². The number of carbonyl (C=O) groups excluding carboxylic acids is 1. The first-order valence-corrected chi connectivity index (χ1v) is 7.67. The van der Waals surface area contributed by atoms with E-state index < -0.39 is 0 Å². The fourth-order valence-corrected chi connectivity index (χ4v) is 3.27. The normalized spacial score (nSPS) is 10.7. The largest absolute Gasteiger partial charge is 0.322 e. The smallest absolute Gasteiger partial charge is 0.257 e. The van der Waals surface area contributed by atoms with Gasteiger partial charge in [-0.2, -0.15) is 0 Å². The molecule has 3 rings (SSSR count). The highest BCUT2D eigenvalue weighted by molar-refractivity contribution is 7.17. The molecule has 0 bridgehead atoms. The highest BCUT2D eigenvalue weighted by atomic mass is 32.1. The van der Waals surface area contributed by atoms with Crippen LogP contribution < -0.4 is 10.6 Å². The van der Waals surface area contributed by atoms with Crippen LogP contribution in [0.25, 0.3) is 10.1 Å². The van der Waals surface area contributed by atoms with Gasteiger partial charge in [-0.1, -0.05) is 36.4 Å². The number of hydrogen-bond donors (Lipinski definition) is 2. The number of fused-ring (bicyclic) bond motifs is 1. The van der Waals surface area contributed by atoms with E-state index in [1.165, 1.54) is 0 Å². The molecule has 0 aliphatic rings. The van der Waals surface area contributed by atoms with Crippen molar-refractivity contribution in [2.24, 2.45) is 0 Å². The predicted octanol–water partition coefficient (Wildman–Crippen LogP) is 3.87. The Hall–Kier alpha value is -2.17. The number of rotatable bonds is 4. The summed E-state index contributed by atoms with van der Waals surface area (Å²) in [6.07, 6.45) is 0. The third-order valence-electron chi connectivity index (χ3n) is 3.36. The summed E-state index contributed by atoms with van der Waals surface area (Å²) in [6.45, 7) is 0.723. The van der Waals surface area contributed by atoms with Gasteiger partial charge in [0.15, 0.2) is 0 Å². The molecule has 0 aliphatic carbocycles. The van der Waals surface area contributed by atoms with E-state index in [0.29, 0.717) is 0 Å². The summed E-state index contributed by atoms with van der Waals surface area (Å²) in [5, 5.41) is 9.05. The molecule has 0 unspecified atom stereocenters. The van der Waals surface area contributed by atoms with E-state index in [1.807, 2.05) is 61.0 Å². The van der Waals surface area contributed by atoms with E-state index in [-0.39, 0.29) is 5.91 Å². The number of thiophene rings is 1. The molecular weight excluding hydrogens is 280 g/mol. The summed E-state index contributed by atoms with van der Waals surface area (Å²) < 4.78 is 1.13. The Kier molecular flexibility index (Phi) is 3.99. The molecule has 0 atom stereocenters. The van der Waals surface area contributed by atoms with Crippen molar-refractivity contribution in [2.45, 2.75) is 6.54 Å². The summed E-state index contributed by atoms with van der Waals surface area (Å²) >= 11 is 1.59. The number of para-hydroxylation sites is 1. The highest BCUT2D eigenvalue weighted by Crippen LogP contribution is 2.26. The summed E-state index contributed by atoms with van der Waals surface area (Å²) in [6, 6.07) is 15.8. The molecule has 2 aromatic carbocycles. The van der Waals surface area contributed by atoms with Crippen LogP contribution in [0.3, 0.4) is 0 Å². The Morgan fingerprint density at radius 1 is 1.10 bits per heavy atom. The second kappa shape index (κ2) is 6.08. The fraction of sp³-hybridized carbons (Fsp3) is 0.118. The van der Waals surface area contributed by atoms with Gasteiger partial charge in [0.1, 0.15) is 0 Å². The molecule has 3 aromatic rings. The van der Waals surface area contributed by atoms with Crippen molar-refractivity contribution < 1.29 is 4.79 Å². The van der Waals surface area contributed by atoms with Crippen LogP contribution in [0.5, 0.6) is 0 Å². The van der Waals surface area contributed by atoms with E-state index in [4.69, 9.17) is 0 Å². The minimum atomic E-state index is -0.0593. The van der Waals surface area contributed by atoms with Crippen molar-refractivity contribution in [1.29, 1.82) is 0 Å². The van der Waals surface area contributed by atoms with E-state index in [2.05, 4.69) is 10.6 Å². The van der Waals surface area contributed by atoms with Crippen LogP contribution in [0.4, 0.5) is 5.69 Å². The van der Waals surface area contributed by atoms with Gasteiger partial charge in [-0.05, 0) is 24.7 Å². The van der Waals surface area contributed by atoms with Gasteiger partial charge in [0, 0.05) is 27.7 Å². The summed E-state index contributed by atoms with van der Waals surface area (Å²) in [7, 11) is 1.89. The number of anilines is 1. The molecule has 0 saturated heterocycles. The molecule has 1 amide bonds. The molecule has 4 heteroatoms. The Bertz CT molecular complexity index is 779. The van der Waals surface area contributed by atoms with E-state index >= 15 is 0 Å². The Balaban J connectivity index is 1.90. The summed E-state index contributed by atoms with van der Waals surface area (Å²) in [5.41, 5.74) is 2.66. The second-order valence-electron chi connectivity index (χ2n) is 4.79. The van der Waals surface area contributed by atoms with Crippen LogP contribution in [0, 0.1) is 0 Å². The van der Waals surface area contributed by atoms with E-state index in [1.54, 1.807) is 11.3 Å². The molecule has 0 spiro atoms. The van der Waals surface area contributed by atoms with Crippen LogP contribution >= 0.6 is 11.3 Å². The zero-order chi connectivity index (χ0) is 14.7. The maximum Gasteiger partial charge on any atom is 0.257 e. The van der Waals surface area contributed by atoms with Gasteiger partial charge in [-0.25, -0.2) is 0 Å². The molecule has 0 radical (unpaired) electrons. The van der Waals surface area contributed by atoms with Crippen LogP contribution in [0.15, 0.2) is 53.9 Å². The molecule has 0 aliphatic heterocycles. The number of nitrogens with one attached hydrogen (secondary N) is 2. The lowest BCUT2D eigenvalue weighted by atomic mass is 10.1. The lowest BCUT2D eigenvalue weighted by Crippen LogP contribution is -2.15. The number of carbonyl (C=O) groups is 1. The van der Waals surface area contributed by atoms with Gasteiger partial charge in [0.05, 0.1) is 5.56 Å². The fourth-order valence-electron chi connectivity index (χ4n) is 2.33. The van der Waals surface area contributed by atoms with Crippen molar-refractivity contribution >= 4 is 33.0 Å². The first-order valence-electron chi connectivity index (χ1n) is 6.79. The van der Waals surface area contributed by atoms with Gasteiger partial charge in [0.2, 0.25) is 0 Å². The Labute approximate surface area is 127 Å². The van der Waals surface area contributed by atoms with Gasteiger partial charge < -0.3 is 10.6 Å². The van der Waals surface area contributed by atoms with Crippen molar-refractivity contribution in [1.82, 2.24) is 5.32 Å². The minimum Gasteiger partial charge on any atom is -0.322 e. The van der Waals surface area contributed by atoms with Crippen molar-refractivity contribution in [3.8, 4) is 0 Å². The topological polar surface area (TPSA) is 41.1 Å². The van der Waals surface area contributed by atoms with Crippen molar-refractivity contribution in [3.63, 3.8) is 0 Å². The average Bonchev–Trinajstić information content (AvgIpc) is 2.93. The zero-order valence-corrected chi connectivity index (χ0v) is 12.5. The maximum absolute atomic E-state index is 12.5. The first kappa shape index (κ1) is 13.8. The van der Waals surface area contributed by atoms with Crippen molar-refractivity contribution in [3.05, 3.63) is 65.0 Å². The molecule has 3 nitrogen and oxygen atoms in total. The van der Waals surface area contributed by atoms with Crippen LogP contribution in [0.2, 0.25) is 0 Å². The molecule has 21 heavy (non-hydrogen) atoms. The lowest BCUT2D eigenvalue weighted by molar-refractivity contribution is 0.102.